The number of thioether (sulfide) groups is 1. The Morgan fingerprint density at radius 3 is 2.53 bits per heavy atom. The maximum absolute atomic E-state index is 12.5. The summed E-state index contributed by atoms with van der Waals surface area (Å²) >= 11 is 7.47. The van der Waals surface area contributed by atoms with E-state index in [2.05, 4.69) is 15.5 Å². The predicted octanol–water partition coefficient (Wildman–Crippen LogP) is 5.03. The van der Waals surface area contributed by atoms with Gasteiger partial charge in [0.05, 0.1) is 18.6 Å². The number of methoxy groups -OCH3 is 1. The number of carbonyl (C=O) groups excluding carboxylic acids is 1. The van der Waals surface area contributed by atoms with Crippen molar-refractivity contribution in [1.82, 2.24) is 14.8 Å². The fourth-order valence-corrected chi connectivity index (χ4v) is 3.95. The Hall–Kier alpha value is -3.49. The Morgan fingerprint density at radius 1 is 1.09 bits per heavy atom. The highest BCUT2D eigenvalue weighted by atomic mass is 35.5. The van der Waals surface area contributed by atoms with E-state index in [9.17, 15) is 9.90 Å². The molecule has 0 aliphatic carbocycles. The van der Waals surface area contributed by atoms with Gasteiger partial charge < -0.3 is 15.2 Å². The second-order valence-corrected chi connectivity index (χ2v) is 8.11. The smallest absolute Gasteiger partial charge is 0.234 e. The summed E-state index contributed by atoms with van der Waals surface area (Å²) in [4.78, 5) is 12.5. The van der Waals surface area contributed by atoms with E-state index in [-0.39, 0.29) is 17.4 Å². The van der Waals surface area contributed by atoms with E-state index in [1.54, 1.807) is 67.8 Å². The molecule has 1 heterocycles. The Kier molecular flexibility index (Phi) is 6.63. The van der Waals surface area contributed by atoms with Gasteiger partial charge in [0, 0.05) is 16.3 Å². The first kappa shape index (κ1) is 21.7. The molecule has 4 aromatic rings. The number of nitrogens with zero attached hydrogens (tertiary/aromatic N) is 3. The average Bonchev–Trinajstić information content (AvgIpc) is 3.23. The van der Waals surface area contributed by atoms with Crippen molar-refractivity contribution in [2.24, 2.45) is 0 Å². The van der Waals surface area contributed by atoms with E-state index in [1.165, 1.54) is 11.8 Å². The number of aromatic hydroxyl groups is 1. The highest BCUT2D eigenvalue weighted by molar-refractivity contribution is 7.99. The molecule has 7 nitrogen and oxygen atoms in total. The molecule has 4 rings (SSSR count). The maximum Gasteiger partial charge on any atom is 0.234 e. The van der Waals surface area contributed by atoms with Gasteiger partial charge in [-0.15, -0.1) is 10.2 Å². The highest BCUT2D eigenvalue weighted by Gasteiger charge is 2.18. The van der Waals surface area contributed by atoms with Crippen LogP contribution in [-0.2, 0) is 4.79 Å². The average molecular weight is 467 g/mol. The molecule has 0 saturated carbocycles. The summed E-state index contributed by atoms with van der Waals surface area (Å²) < 4.78 is 6.97. The van der Waals surface area contributed by atoms with E-state index in [0.717, 1.165) is 11.3 Å². The Bertz CT molecular complexity index is 1230. The summed E-state index contributed by atoms with van der Waals surface area (Å²) in [6.45, 7) is 0. The van der Waals surface area contributed by atoms with Gasteiger partial charge in [-0.1, -0.05) is 29.4 Å². The molecular formula is C23H19ClN4O3S. The first-order valence-electron chi connectivity index (χ1n) is 9.61. The standard InChI is InChI=1S/C23H19ClN4O3S/c1-31-20-11-7-17(8-12-20)25-21(30)14-32-23-27-26-22(15-5-9-19(29)10-6-15)28(23)18-4-2-3-16(24)13-18/h2-13,29H,14H2,1H3,(H,25,30). The first-order chi connectivity index (χ1) is 15.5. The van der Waals surface area contributed by atoms with E-state index in [4.69, 9.17) is 16.3 Å². The van der Waals surface area contributed by atoms with Crippen LogP contribution in [0.2, 0.25) is 5.02 Å². The zero-order chi connectivity index (χ0) is 22.5. The Labute approximate surface area is 194 Å². The number of anilines is 1. The lowest BCUT2D eigenvalue weighted by Gasteiger charge is -2.11. The third-order valence-electron chi connectivity index (χ3n) is 4.53. The van der Waals surface area contributed by atoms with Crippen LogP contribution in [-0.4, -0.2) is 38.6 Å². The van der Waals surface area contributed by atoms with Gasteiger partial charge >= 0.3 is 0 Å². The predicted molar refractivity (Wildman–Crippen MR) is 126 cm³/mol. The molecule has 3 aromatic carbocycles. The molecule has 162 valence electrons. The molecule has 9 heteroatoms. The van der Waals surface area contributed by atoms with Gasteiger partial charge in [0.1, 0.15) is 11.5 Å². The second kappa shape index (κ2) is 9.76. The lowest BCUT2D eigenvalue weighted by molar-refractivity contribution is -0.113. The van der Waals surface area contributed by atoms with Crippen LogP contribution in [0.1, 0.15) is 0 Å². The van der Waals surface area contributed by atoms with Crippen molar-refractivity contribution in [3.8, 4) is 28.6 Å². The minimum Gasteiger partial charge on any atom is -0.508 e. The molecule has 0 atom stereocenters. The van der Waals surface area contributed by atoms with Crippen molar-refractivity contribution >= 4 is 35.0 Å². The number of hydrogen-bond donors (Lipinski definition) is 2. The van der Waals surface area contributed by atoms with Gasteiger partial charge in [0.25, 0.3) is 0 Å². The molecule has 0 saturated heterocycles. The number of phenols is 1. The summed E-state index contributed by atoms with van der Waals surface area (Å²) in [5.74, 6) is 1.42. The molecule has 32 heavy (non-hydrogen) atoms. The van der Waals surface area contributed by atoms with Crippen molar-refractivity contribution in [2.75, 3.05) is 18.2 Å². The van der Waals surface area contributed by atoms with E-state index in [1.807, 2.05) is 16.7 Å². The van der Waals surface area contributed by atoms with E-state index >= 15 is 0 Å². The van der Waals surface area contributed by atoms with Crippen LogP contribution in [0.5, 0.6) is 11.5 Å². The SMILES string of the molecule is COc1ccc(NC(=O)CSc2nnc(-c3ccc(O)cc3)n2-c2cccc(Cl)c2)cc1. The number of halogens is 1. The fourth-order valence-electron chi connectivity index (χ4n) is 3.01. The van der Waals surface area contributed by atoms with Crippen molar-refractivity contribution in [2.45, 2.75) is 5.16 Å². The number of ether oxygens (including phenoxy) is 1. The summed E-state index contributed by atoms with van der Waals surface area (Å²) in [6.07, 6.45) is 0. The Morgan fingerprint density at radius 2 is 1.84 bits per heavy atom. The van der Waals surface area contributed by atoms with Crippen molar-refractivity contribution in [3.63, 3.8) is 0 Å². The number of amides is 1. The summed E-state index contributed by atoms with van der Waals surface area (Å²) in [7, 11) is 1.59. The highest BCUT2D eigenvalue weighted by Crippen LogP contribution is 2.30. The van der Waals surface area contributed by atoms with Gasteiger partial charge in [-0.05, 0) is 66.7 Å². The molecule has 1 amide bonds. The minimum absolute atomic E-state index is 0.139. The summed E-state index contributed by atoms with van der Waals surface area (Å²) in [5, 5.41) is 22.2. The quantitative estimate of drug-likeness (QED) is 0.371. The van der Waals surface area contributed by atoms with Crippen LogP contribution in [0.3, 0.4) is 0 Å². The number of rotatable bonds is 7. The van der Waals surface area contributed by atoms with E-state index < -0.39 is 0 Å². The van der Waals surface area contributed by atoms with E-state index in [0.29, 0.717) is 27.4 Å². The number of nitrogens with one attached hydrogen (secondary N) is 1. The molecule has 0 aliphatic heterocycles. The molecule has 2 N–H and O–H groups in total. The molecule has 0 spiro atoms. The first-order valence-corrected chi connectivity index (χ1v) is 11.0. The number of benzene rings is 3. The Balaban J connectivity index is 1.57. The number of carbonyl (C=O) groups is 1. The lowest BCUT2D eigenvalue weighted by Crippen LogP contribution is -2.14. The van der Waals surface area contributed by atoms with Gasteiger partial charge in [0.2, 0.25) is 5.91 Å². The van der Waals surface area contributed by atoms with Gasteiger partial charge in [-0.25, -0.2) is 0 Å². The van der Waals surface area contributed by atoms with Crippen LogP contribution in [0, 0.1) is 0 Å². The number of hydrogen-bond acceptors (Lipinski definition) is 6. The van der Waals surface area contributed by atoms with Crippen LogP contribution < -0.4 is 10.1 Å². The summed E-state index contributed by atoms with van der Waals surface area (Å²) in [6, 6.07) is 21.1. The largest absolute Gasteiger partial charge is 0.508 e. The molecule has 0 bridgehead atoms. The molecule has 0 unspecified atom stereocenters. The second-order valence-electron chi connectivity index (χ2n) is 6.73. The van der Waals surface area contributed by atoms with Crippen LogP contribution >= 0.6 is 23.4 Å². The van der Waals surface area contributed by atoms with Crippen LogP contribution in [0.15, 0.2) is 78.0 Å². The van der Waals surface area contributed by atoms with Crippen molar-refractivity contribution in [3.05, 3.63) is 77.8 Å². The molecular weight excluding hydrogens is 448 g/mol. The zero-order valence-corrected chi connectivity index (χ0v) is 18.6. The third-order valence-corrected chi connectivity index (χ3v) is 5.70. The monoisotopic (exact) mass is 466 g/mol. The van der Waals surface area contributed by atoms with Crippen molar-refractivity contribution in [1.29, 1.82) is 0 Å². The number of phenolic OH excluding ortho intramolecular Hbond substituents is 1. The molecule has 0 radical (unpaired) electrons. The summed E-state index contributed by atoms with van der Waals surface area (Å²) in [5.41, 5.74) is 2.21. The fraction of sp³-hybridized carbons (Fsp3) is 0.0870. The molecule has 1 aromatic heterocycles. The normalized spacial score (nSPS) is 10.7. The maximum atomic E-state index is 12.5. The third kappa shape index (κ3) is 5.04. The lowest BCUT2D eigenvalue weighted by atomic mass is 10.2. The minimum atomic E-state index is -0.174. The zero-order valence-electron chi connectivity index (χ0n) is 17.0. The topological polar surface area (TPSA) is 89.3 Å². The van der Waals surface area contributed by atoms with Crippen molar-refractivity contribution < 1.29 is 14.6 Å². The van der Waals surface area contributed by atoms with Crippen LogP contribution in [0.25, 0.3) is 17.1 Å². The van der Waals surface area contributed by atoms with Crippen LogP contribution in [0.4, 0.5) is 5.69 Å². The van der Waals surface area contributed by atoms with Gasteiger partial charge in [0.15, 0.2) is 11.0 Å². The van der Waals surface area contributed by atoms with Gasteiger partial charge in [-0.3, -0.25) is 9.36 Å². The molecule has 0 fully saturated rings. The molecule has 0 aliphatic rings. The number of aromatic nitrogens is 3. The van der Waals surface area contributed by atoms with Gasteiger partial charge in [-0.2, -0.15) is 0 Å².